The largest absolute Gasteiger partial charge is 0.444 e. The molecular weight excluding hydrogens is 392 g/mol. The van der Waals surface area contributed by atoms with Crippen LogP contribution in [0.4, 0.5) is 0 Å². The number of thiophene rings is 1. The molecule has 0 saturated carbocycles. The van der Waals surface area contributed by atoms with Gasteiger partial charge in [0.1, 0.15) is 10.4 Å². The highest BCUT2D eigenvalue weighted by atomic mass is 79.9. The molecule has 3 aromatic rings. The lowest BCUT2D eigenvalue weighted by atomic mass is 9.91. The van der Waals surface area contributed by atoms with Crippen LogP contribution in [-0.2, 0) is 19.9 Å². The smallest absolute Gasteiger partial charge is 0.259 e. The lowest BCUT2D eigenvalue weighted by Gasteiger charge is -2.16. The van der Waals surface area contributed by atoms with Crippen LogP contribution in [0.15, 0.2) is 29.1 Å². The Hall–Kier alpha value is -2.19. The standard InChI is InChI=1S/C16H13BrN4O2S/c1-21-12-10(14(17)20-21)5-4-9-11(12)16(24-13(9)15(18)22)23-8-3-2-6-19-7-8/h2-3,6-7H,4-5H2,1H3,(H2,18,22). The van der Waals surface area contributed by atoms with E-state index in [9.17, 15) is 4.79 Å². The van der Waals surface area contributed by atoms with Gasteiger partial charge in [-0.2, -0.15) is 5.10 Å². The monoisotopic (exact) mass is 404 g/mol. The van der Waals surface area contributed by atoms with Crippen molar-refractivity contribution in [2.45, 2.75) is 12.8 Å². The van der Waals surface area contributed by atoms with Gasteiger partial charge in [-0.05, 0) is 46.5 Å². The van der Waals surface area contributed by atoms with Gasteiger partial charge in [-0.15, -0.1) is 0 Å². The van der Waals surface area contributed by atoms with Gasteiger partial charge in [0.2, 0.25) is 0 Å². The SMILES string of the molecule is Cn1nc(Br)c2c1-c1c(Oc3cccnc3)sc(C(N)=O)c1CC2. The van der Waals surface area contributed by atoms with Crippen LogP contribution in [0.25, 0.3) is 11.3 Å². The molecule has 1 aliphatic rings. The summed E-state index contributed by atoms with van der Waals surface area (Å²) in [7, 11) is 1.88. The van der Waals surface area contributed by atoms with E-state index in [-0.39, 0.29) is 0 Å². The number of rotatable bonds is 3. The first-order chi connectivity index (χ1) is 11.6. The summed E-state index contributed by atoms with van der Waals surface area (Å²) in [5, 5.41) is 5.09. The second kappa shape index (κ2) is 5.71. The average Bonchev–Trinajstić information content (AvgIpc) is 3.07. The van der Waals surface area contributed by atoms with Crippen molar-refractivity contribution >= 4 is 33.2 Å². The van der Waals surface area contributed by atoms with Crippen LogP contribution >= 0.6 is 27.3 Å². The maximum absolute atomic E-state index is 11.9. The highest BCUT2D eigenvalue weighted by molar-refractivity contribution is 9.10. The second-order valence-electron chi connectivity index (χ2n) is 5.47. The molecule has 6 nitrogen and oxygen atoms in total. The van der Waals surface area contributed by atoms with Crippen molar-refractivity contribution in [3.63, 3.8) is 0 Å². The summed E-state index contributed by atoms with van der Waals surface area (Å²) < 4.78 is 8.65. The summed E-state index contributed by atoms with van der Waals surface area (Å²) in [4.78, 5) is 16.5. The van der Waals surface area contributed by atoms with Crippen LogP contribution in [0.3, 0.4) is 0 Å². The molecule has 1 aliphatic carbocycles. The van der Waals surface area contributed by atoms with Crippen LogP contribution in [-0.4, -0.2) is 20.7 Å². The number of hydrogen-bond acceptors (Lipinski definition) is 5. The Balaban J connectivity index is 1.93. The van der Waals surface area contributed by atoms with Gasteiger partial charge >= 0.3 is 0 Å². The number of ether oxygens (including phenoxy) is 1. The van der Waals surface area contributed by atoms with Crippen LogP contribution in [0.2, 0.25) is 0 Å². The minimum atomic E-state index is -0.429. The molecule has 24 heavy (non-hydrogen) atoms. The Labute approximate surface area is 150 Å². The van der Waals surface area contributed by atoms with E-state index in [1.165, 1.54) is 11.3 Å². The van der Waals surface area contributed by atoms with Gasteiger partial charge in [0.25, 0.3) is 5.91 Å². The van der Waals surface area contributed by atoms with Crippen molar-refractivity contribution in [3.05, 3.63) is 45.1 Å². The molecule has 0 saturated heterocycles. The third kappa shape index (κ3) is 2.33. The second-order valence-corrected chi connectivity index (χ2v) is 7.20. The molecule has 4 rings (SSSR count). The van der Waals surface area contributed by atoms with Crippen LogP contribution in [0, 0.1) is 0 Å². The number of amides is 1. The van der Waals surface area contributed by atoms with E-state index in [2.05, 4.69) is 26.0 Å². The molecule has 0 spiro atoms. The van der Waals surface area contributed by atoms with Crippen molar-refractivity contribution in [1.82, 2.24) is 14.8 Å². The van der Waals surface area contributed by atoms with Gasteiger partial charge in [0.05, 0.1) is 22.3 Å². The summed E-state index contributed by atoms with van der Waals surface area (Å²) in [5.41, 5.74) is 9.51. The van der Waals surface area contributed by atoms with E-state index in [1.54, 1.807) is 18.5 Å². The minimum Gasteiger partial charge on any atom is -0.444 e. The molecule has 3 aromatic heterocycles. The predicted octanol–water partition coefficient (Wildman–Crippen LogP) is 3.30. The fourth-order valence-corrected chi connectivity index (χ4v) is 4.72. The number of hydrogen-bond donors (Lipinski definition) is 1. The number of carbonyl (C=O) groups excluding carboxylic acids is 1. The van der Waals surface area contributed by atoms with Gasteiger partial charge < -0.3 is 10.5 Å². The summed E-state index contributed by atoms with van der Waals surface area (Å²) in [6.07, 6.45) is 4.86. The molecule has 0 aliphatic heterocycles. The third-order valence-electron chi connectivity index (χ3n) is 4.00. The van der Waals surface area contributed by atoms with Crippen LogP contribution < -0.4 is 10.5 Å². The first-order valence-corrected chi connectivity index (χ1v) is 8.92. The number of halogens is 1. The van der Waals surface area contributed by atoms with Gasteiger partial charge in [0, 0.05) is 18.8 Å². The molecule has 8 heteroatoms. The number of nitrogens with zero attached hydrogens (tertiary/aromatic N) is 3. The number of aryl methyl sites for hydroxylation is 1. The highest BCUT2D eigenvalue weighted by Crippen LogP contribution is 2.49. The molecule has 0 unspecified atom stereocenters. The maximum Gasteiger partial charge on any atom is 0.259 e. The van der Waals surface area contributed by atoms with Gasteiger partial charge in [-0.25, -0.2) is 0 Å². The summed E-state index contributed by atoms with van der Waals surface area (Å²) in [5.74, 6) is 0.188. The summed E-state index contributed by atoms with van der Waals surface area (Å²) in [6, 6.07) is 3.63. The van der Waals surface area contributed by atoms with E-state index >= 15 is 0 Å². The summed E-state index contributed by atoms with van der Waals surface area (Å²) >= 11 is 4.79. The van der Waals surface area contributed by atoms with Crippen LogP contribution in [0.5, 0.6) is 10.8 Å². The molecule has 122 valence electrons. The van der Waals surface area contributed by atoms with Crippen molar-refractivity contribution < 1.29 is 9.53 Å². The molecule has 2 N–H and O–H groups in total. The first kappa shape index (κ1) is 15.3. The molecular formula is C16H13BrN4O2S. The average molecular weight is 405 g/mol. The zero-order chi connectivity index (χ0) is 16.8. The van der Waals surface area contributed by atoms with Gasteiger partial charge in [0.15, 0.2) is 5.06 Å². The molecule has 0 radical (unpaired) electrons. The van der Waals surface area contributed by atoms with E-state index < -0.39 is 5.91 Å². The molecule has 0 bridgehead atoms. The number of pyridine rings is 1. The van der Waals surface area contributed by atoms with Crippen molar-refractivity contribution in [2.75, 3.05) is 0 Å². The predicted molar refractivity (Wildman–Crippen MR) is 94.5 cm³/mol. The maximum atomic E-state index is 11.9. The Morgan fingerprint density at radius 3 is 2.92 bits per heavy atom. The number of nitrogens with two attached hydrogens (primary N) is 1. The Kier molecular flexibility index (Phi) is 3.65. The first-order valence-electron chi connectivity index (χ1n) is 7.31. The topological polar surface area (TPSA) is 83.0 Å². The zero-order valence-electron chi connectivity index (χ0n) is 12.7. The minimum absolute atomic E-state index is 0.429. The quantitative estimate of drug-likeness (QED) is 0.725. The van der Waals surface area contributed by atoms with Gasteiger partial charge in [-0.1, -0.05) is 11.3 Å². The van der Waals surface area contributed by atoms with Crippen LogP contribution in [0.1, 0.15) is 20.8 Å². The lowest BCUT2D eigenvalue weighted by Crippen LogP contribution is -2.13. The Morgan fingerprint density at radius 1 is 1.42 bits per heavy atom. The Bertz CT molecular complexity index is 949. The van der Waals surface area contributed by atoms with E-state index in [0.717, 1.165) is 39.8 Å². The molecule has 0 aromatic carbocycles. The molecule has 1 amide bonds. The fourth-order valence-electron chi connectivity index (χ4n) is 3.02. The van der Waals surface area contributed by atoms with Crippen molar-refractivity contribution in [2.24, 2.45) is 12.8 Å². The van der Waals surface area contributed by atoms with Crippen molar-refractivity contribution in [3.8, 4) is 22.1 Å². The van der Waals surface area contributed by atoms with E-state index in [4.69, 9.17) is 10.5 Å². The lowest BCUT2D eigenvalue weighted by molar-refractivity contribution is 0.100. The zero-order valence-corrected chi connectivity index (χ0v) is 15.1. The number of primary amides is 1. The Morgan fingerprint density at radius 2 is 2.21 bits per heavy atom. The van der Waals surface area contributed by atoms with Gasteiger partial charge in [-0.3, -0.25) is 14.5 Å². The normalized spacial score (nSPS) is 12.6. The molecule has 3 heterocycles. The van der Waals surface area contributed by atoms with E-state index in [1.807, 2.05) is 17.8 Å². The molecule has 0 fully saturated rings. The molecule has 0 atom stereocenters. The van der Waals surface area contributed by atoms with E-state index in [0.29, 0.717) is 15.7 Å². The number of fused-ring (bicyclic) bond motifs is 3. The van der Waals surface area contributed by atoms with Crippen molar-refractivity contribution in [1.29, 1.82) is 0 Å². The fraction of sp³-hybridized carbons (Fsp3) is 0.188. The summed E-state index contributed by atoms with van der Waals surface area (Å²) in [6.45, 7) is 0. The number of aromatic nitrogens is 3. The highest BCUT2D eigenvalue weighted by Gasteiger charge is 2.32. The third-order valence-corrected chi connectivity index (χ3v) is 5.76. The number of carbonyl (C=O) groups is 1.